The molecule has 146 valence electrons. The topological polar surface area (TPSA) is 79.4 Å². The smallest absolute Gasteiger partial charge is 0.242 e. The van der Waals surface area contributed by atoms with E-state index in [1.165, 1.54) is 37.6 Å². The number of amides is 1. The van der Waals surface area contributed by atoms with E-state index in [0.717, 1.165) is 26.1 Å². The van der Waals surface area contributed by atoms with Crippen molar-refractivity contribution in [1.29, 1.82) is 0 Å². The van der Waals surface area contributed by atoms with Crippen molar-refractivity contribution in [2.24, 2.45) is 0 Å². The summed E-state index contributed by atoms with van der Waals surface area (Å²) in [6, 6.07) is 12.3. The number of rotatable bonds is 6. The van der Waals surface area contributed by atoms with E-state index in [4.69, 9.17) is 0 Å². The Hall–Kier alpha value is -2.55. The number of pyridine rings is 1. The molecule has 0 radical (unpaired) electrons. The van der Waals surface area contributed by atoms with Crippen LogP contribution in [0, 0.1) is 6.92 Å². The zero-order valence-corrected chi connectivity index (χ0v) is 17.5. The molecule has 6 nitrogen and oxygen atoms in total. The maximum absolute atomic E-state index is 12.4. The fourth-order valence-electron chi connectivity index (χ4n) is 2.67. The van der Waals surface area contributed by atoms with Crippen LogP contribution in [0.4, 0.5) is 5.00 Å². The van der Waals surface area contributed by atoms with Crippen LogP contribution in [0.5, 0.6) is 0 Å². The SMILES string of the molecule is Cc1cc(-c2csc(NC(=O)Cc3cccc(S(=O)(=O)N(C)C)c3)c2)ccn1. The molecule has 0 atom stereocenters. The largest absolute Gasteiger partial charge is 0.317 e. The second kappa shape index (κ2) is 8.22. The number of anilines is 1. The van der Waals surface area contributed by atoms with Crippen LogP contribution in [-0.2, 0) is 21.2 Å². The van der Waals surface area contributed by atoms with Gasteiger partial charge in [0.25, 0.3) is 0 Å². The van der Waals surface area contributed by atoms with Gasteiger partial charge in [-0.05, 0) is 53.9 Å². The van der Waals surface area contributed by atoms with E-state index >= 15 is 0 Å². The Morgan fingerprint density at radius 2 is 1.93 bits per heavy atom. The summed E-state index contributed by atoms with van der Waals surface area (Å²) in [5.74, 6) is -0.196. The lowest BCUT2D eigenvalue weighted by Gasteiger charge is -2.12. The number of nitrogens with one attached hydrogen (secondary N) is 1. The molecule has 0 unspecified atom stereocenters. The third kappa shape index (κ3) is 4.64. The first kappa shape index (κ1) is 20.2. The van der Waals surface area contributed by atoms with Gasteiger partial charge in [-0.25, -0.2) is 12.7 Å². The molecule has 1 N–H and O–H groups in total. The minimum Gasteiger partial charge on any atom is -0.317 e. The number of benzene rings is 1. The minimum absolute atomic E-state index is 0.0956. The van der Waals surface area contributed by atoms with Gasteiger partial charge in [-0.3, -0.25) is 9.78 Å². The van der Waals surface area contributed by atoms with Gasteiger partial charge in [-0.15, -0.1) is 11.3 Å². The molecule has 2 aromatic heterocycles. The molecular weight excluding hydrogens is 394 g/mol. The predicted octanol–water partition coefficient (Wildman–Crippen LogP) is 3.55. The summed E-state index contributed by atoms with van der Waals surface area (Å²) in [5.41, 5.74) is 3.64. The number of aromatic nitrogens is 1. The van der Waals surface area contributed by atoms with E-state index in [1.807, 2.05) is 30.5 Å². The van der Waals surface area contributed by atoms with E-state index < -0.39 is 10.0 Å². The molecule has 3 rings (SSSR count). The summed E-state index contributed by atoms with van der Waals surface area (Å²) in [6.07, 6.45) is 1.85. The Bertz CT molecular complexity index is 1110. The van der Waals surface area contributed by atoms with Gasteiger partial charge in [0.15, 0.2) is 0 Å². The van der Waals surface area contributed by atoms with Crippen LogP contribution in [0.25, 0.3) is 11.1 Å². The summed E-state index contributed by atoms with van der Waals surface area (Å²) in [7, 11) is -0.567. The van der Waals surface area contributed by atoms with Gasteiger partial charge < -0.3 is 5.32 Å². The Kier molecular flexibility index (Phi) is 5.93. The van der Waals surface area contributed by atoms with Crippen LogP contribution < -0.4 is 5.32 Å². The van der Waals surface area contributed by atoms with Crippen LogP contribution in [0.2, 0.25) is 0 Å². The second-order valence-electron chi connectivity index (χ2n) is 6.55. The number of carbonyl (C=O) groups excluding carboxylic acids is 1. The lowest BCUT2D eigenvalue weighted by molar-refractivity contribution is -0.115. The Balaban J connectivity index is 1.70. The van der Waals surface area contributed by atoms with Gasteiger partial charge >= 0.3 is 0 Å². The molecule has 2 heterocycles. The monoisotopic (exact) mass is 415 g/mol. The molecule has 0 aliphatic rings. The summed E-state index contributed by atoms with van der Waals surface area (Å²) in [4.78, 5) is 16.8. The number of nitrogens with zero attached hydrogens (tertiary/aromatic N) is 2. The van der Waals surface area contributed by atoms with E-state index in [0.29, 0.717) is 5.56 Å². The van der Waals surface area contributed by atoms with Crippen molar-refractivity contribution in [3.05, 3.63) is 65.3 Å². The molecule has 0 aliphatic carbocycles. The number of thiophene rings is 1. The molecule has 3 aromatic rings. The minimum atomic E-state index is -3.53. The fourth-order valence-corrected chi connectivity index (χ4v) is 4.47. The van der Waals surface area contributed by atoms with Crippen molar-refractivity contribution < 1.29 is 13.2 Å². The summed E-state index contributed by atoms with van der Waals surface area (Å²) in [6.45, 7) is 1.93. The first-order chi connectivity index (χ1) is 13.3. The number of hydrogen-bond donors (Lipinski definition) is 1. The molecule has 0 spiro atoms. The van der Waals surface area contributed by atoms with Gasteiger partial charge in [0.05, 0.1) is 16.3 Å². The van der Waals surface area contributed by atoms with Gasteiger partial charge in [0, 0.05) is 31.4 Å². The second-order valence-corrected chi connectivity index (χ2v) is 9.61. The molecule has 1 amide bonds. The average Bonchev–Trinajstić information content (AvgIpc) is 3.10. The first-order valence-corrected chi connectivity index (χ1v) is 10.9. The molecule has 28 heavy (non-hydrogen) atoms. The first-order valence-electron chi connectivity index (χ1n) is 8.58. The highest BCUT2D eigenvalue weighted by atomic mass is 32.2. The van der Waals surface area contributed by atoms with Crippen molar-refractivity contribution in [3.63, 3.8) is 0 Å². The zero-order chi connectivity index (χ0) is 20.3. The highest BCUT2D eigenvalue weighted by Crippen LogP contribution is 2.29. The van der Waals surface area contributed by atoms with Gasteiger partial charge in [-0.1, -0.05) is 12.1 Å². The normalized spacial score (nSPS) is 11.6. The molecule has 8 heteroatoms. The van der Waals surface area contributed by atoms with Gasteiger partial charge in [-0.2, -0.15) is 0 Å². The maximum atomic E-state index is 12.4. The number of aryl methyl sites for hydroxylation is 1. The van der Waals surface area contributed by atoms with Crippen molar-refractivity contribution >= 4 is 32.3 Å². The molecule has 0 saturated carbocycles. The van der Waals surface area contributed by atoms with E-state index in [9.17, 15) is 13.2 Å². The van der Waals surface area contributed by atoms with Crippen LogP contribution in [0.3, 0.4) is 0 Å². The molecule has 0 saturated heterocycles. The highest BCUT2D eigenvalue weighted by Gasteiger charge is 2.18. The molecule has 0 fully saturated rings. The van der Waals surface area contributed by atoms with Crippen LogP contribution in [0.15, 0.2) is 58.9 Å². The Morgan fingerprint density at radius 1 is 1.14 bits per heavy atom. The molecule has 1 aromatic carbocycles. The molecule has 0 bridgehead atoms. The average molecular weight is 416 g/mol. The van der Waals surface area contributed by atoms with E-state index in [-0.39, 0.29) is 17.2 Å². The number of hydrogen-bond acceptors (Lipinski definition) is 5. The number of sulfonamides is 1. The van der Waals surface area contributed by atoms with Crippen molar-refractivity contribution in [2.45, 2.75) is 18.2 Å². The lowest BCUT2D eigenvalue weighted by Crippen LogP contribution is -2.22. The maximum Gasteiger partial charge on any atom is 0.242 e. The Morgan fingerprint density at radius 3 is 2.64 bits per heavy atom. The number of carbonyl (C=O) groups is 1. The highest BCUT2D eigenvalue weighted by molar-refractivity contribution is 7.89. The van der Waals surface area contributed by atoms with Crippen LogP contribution >= 0.6 is 11.3 Å². The third-order valence-electron chi connectivity index (χ3n) is 4.13. The lowest BCUT2D eigenvalue weighted by atomic mass is 10.1. The quantitative estimate of drug-likeness (QED) is 0.668. The predicted molar refractivity (Wildman–Crippen MR) is 112 cm³/mol. The van der Waals surface area contributed by atoms with E-state index in [1.54, 1.807) is 18.3 Å². The fraction of sp³-hybridized carbons (Fsp3) is 0.200. The zero-order valence-electron chi connectivity index (χ0n) is 15.8. The third-order valence-corrected chi connectivity index (χ3v) is 6.79. The summed E-state index contributed by atoms with van der Waals surface area (Å²) >= 11 is 1.45. The summed E-state index contributed by atoms with van der Waals surface area (Å²) < 4.78 is 25.6. The molecule has 0 aliphatic heterocycles. The van der Waals surface area contributed by atoms with Crippen LogP contribution in [0.1, 0.15) is 11.3 Å². The van der Waals surface area contributed by atoms with Crippen molar-refractivity contribution in [3.8, 4) is 11.1 Å². The molecular formula is C20H21N3O3S2. The van der Waals surface area contributed by atoms with Crippen molar-refractivity contribution in [2.75, 3.05) is 19.4 Å². The van der Waals surface area contributed by atoms with Gasteiger partial charge in [0.1, 0.15) is 0 Å². The summed E-state index contributed by atoms with van der Waals surface area (Å²) in [5, 5.41) is 5.60. The Labute approximate surface area is 168 Å². The standard InChI is InChI=1S/C20H21N3O3S2/c1-14-9-16(7-8-21-14)17-12-20(27-13-17)22-19(24)11-15-5-4-6-18(10-15)28(25,26)23(2)3/h4-10,12-13H,11H2,1-3H3,(H,22,24). The van der Waals surface area contributed by atoms with Crippen molar-refractivity contribution in [1.82, 2.24) is 9.29 Å². The van der Waals surface area contributed by atoms with Gasteiger partial charge in [0.2, 0.25) is 15.9 Å². The van der Waals surface area contributed by atoms with Crippen LogP contribution in [-0.4, -0.2) is 37.7 Å². The van der Waals surface area contributed by atoms with E-state index in [2.05, 4.69) is 10.3 Å².